The molecule has 4 heteroatoms. The lowest BCUT2D eigenvalue weighted by atomic mass is 10.0. The highest BCUT2D eigenvalue weighted by molar-refractivity contribution is 5.72. The predicted molar refractivity (Wildman–Crippen MR) is 87.8 cm³/mol. The molecule has 1 N–H and O–H groups in total. The molecule has 1 amide bonds. The third-order valence-corrected chi connectivity index (χ3v) is 3.26. The third kappa shape index (κ3) is 4.88. The van der Waals surface area contributed by atoms with Crippen molar-refractivity contribution in [1.29, 1.82) is 0 Å². The van der Waals surface area contributed by atoms with Gasteiger partial charge in [0.05, 0.1) is 6.61 Å². The Hall–Kier alpha value is -2.36. The Kier molecular flexibility index (Phi) is 5.95. The minimum absolute atomic E-state index is 0.00742. The van der Waals surface area contributed by atoms with Crippen LogP contribution in [0.25, 0.3) is 11.1 Å². The number of carbonyl (C=O) groups excluding carboxylic acids is 1. The van der Waals surface area contributed by atoms with Gasteiger partial charge in [0.1, 0.15) is 0 Å². The number of nitrogens with zero attached hydrogens (tertiary/aromatic N) is 1. The maximum Gasteiger partial charge on any atom is 0.216 e. The van der Waals surface area contributed by atoms with E-state index in [0.717, 1.165) is 24.0 Å². The van der Waals surface area contributed by atoms with Crippen LogP contribution in [0.3, 0.4) is 0 Å². The SMILES string of the molecule is CCCOc1cc(-c2ccc(CCNC(C)=O)cc2)ccn1. The number of amides is 1. The van der Waals surface area contributed by atoms with E-state index in [2.05, 4.69) is 41.5 Å². The largest absolute Gasteiger partial charge is 0.478 e. The molecule has 22 heavy (non-hydrogen) atoms. The van der Waals surface area contributed by atoms with Crippen molar-refractivity contribution in [3.05, 3.63) is 48.2 Å². The van der Waals surface area contributed by atoms with Gasteiger partial charge in [0.15, 0.2) is 0 Å². The summed E-state index contributed by atoms with van der Waals surface area (Å²) in [6, 6.07) is 12.3. The number of nitrogens with one attached hydrogen (secondary N) is 1. The highest BCUT2D eigenvalue weighted by Crippen LogP contribution is 2.22. The standard InChI is InChI=1S/C18H22N2O2/c1-3-12-22-18-13-17(9-11-20-18)16-6-4-15(5-7-16)8-10-19-14(2)21/h4-7,9,11,13H,3,8,10,12H2,1-2H3,(H,19,21). The van der Waals surface area contributed by atoms with Gasteiger partial charge >= 0.3 is 0 Å². The number of rotatable bonds is 7. The summed E-state index contributed by atoms with van der Waals surface area (Å²) in [5, 5.41) is 2.80. The number of pyridine rings is 1. The van der Waals surface area contributed by atoms with E-state index in [1.54, 1.807) is 6.20 Å². The lowest BCUT2D eigenvalue weighted by Crippen LogP contribution is -2.22. The fourth-order valence-electron chi connectivity index (χ4n) is 2.12. The quantitative estimate of drug-likeness (QED) is 0.854. The molecule has 0 bridgehead atoms. The number of ether oxygens (including phenoxy) is 1. The first-order valence-corrected chi connectivity index (χ1v) is 7.61. The summed E-state index contributed by atoms with van der Waals surface area (Å²) in [7, 11) is 0. The summed E-state index contributed by atoms with van der Waals surface area (Å²) in [4.78, 5) is 15.1. The zero-order valence-electron chi connectivity index (χ0n) is 13.1. The van der Waals surface area contributed by atoms with Crippen molar-refractivity contribution < 1.29 is 9.53 Å². The Labute approximate surface area is 131 Å². The van der Waals surface area contributed by atoms with Crippen molar-refractivity contribution in [2.45, 2.75) is 26.7 Å². The second kappa shape index (κ2) is 8.17. The number of benzene rings is 1. The molecular formula is C18H22N2O2. The summed E-state index contributed by atoms with van der Waals surface area (Å²) >= 11 is 0. The van der Waals surface area contributed by atoms with E-state index in [1.807, 2.05) is 12.1 Å². The summed E-state index contributed by atoms with van der Waals surface area (Å²) in [6.07, 6.45) is 3.57. The van der Waals surface area contributed by atoms with Crippen LogP contribution in [-0.4, -0.2) is 24.0 Å². The van der Waals surface area contributed by atoms with E-state index in [-0.39, 0.29) is 5.91 Å². The zero-order chi connectivity index (χ0) is 15.8. The van der Waals surface area contributed by atoms with Crippen LogP contribution in [0, 0.1) is 0 Å². The molecule has 1 aromatic carbocycles. The van der Waals surface area contributed by atoms with Crippen LogP contribution >= 0.6 is 0 Å². The monoisotopic (exact) mass is 298 g/mol. The molecule has 1 heterocycles. The summed E-state index contributed by atoms with van der Waals surface area (Å²) in [6.45, 7) is 4.95. The van der Waals surface area contributed by atoms with Gasteiger partial charge in [-0.05, 0) is 35.6 Å². The van der Waals surface area contributed by atoms with Crippen molar-refractivity contribution in [2.75, 3.05) is 13.2 Å². The molecule has 0 aliphatic heterocycles. The number of carbonyl (C=O) groups is 1. The van der Waals surface area contributed by atoms with Gasteiger partial charge in [0, 0.05) is 25.7 Å². The zero-order valence-corrected chi connectivity index (χ0v) is 13.1. The normalized spacial score (nSPS) is 10.3. The van der Waals surface area contributed by atoms with Gasteiger partial charge in [-0.15, -0.1) is 0 Å². The molecule has 0 spiro atoms. The van der Waals surface area contributed by atoms with E-state index in [4.69, 9.17) is 4.74 Å². The molecule has 0 atom stereocenters. The van der Waals surface area contributed by atoms with E-state index in [1.165, 1.54) is 12.5 Å². The first kappa shape index (κ1) is 16.0. The van der Waals surface area contributed by atoms with Crippen LogP contribution in [0.15, 0.2) is 42.6 Å². The molecule has 2 aromatic rings. The Morgan fingerprint density at radius 2 is 1.95 bits per heavy atom. The maximum atomic E-state index is 10.9. The van der Waals surface area contributed by atoms with Gasteiger partial charge in [-0.3, -0.25) is 4.79 Å². The number of aromatic nitrogens is 1. The second-order valence-electron chi connectivity index (χ2n) is 5.16. The third-order valence-electron chi connectivity index (χ3n) is 3.26. The topological polar surface area (TPSA) is 51.2 Å². The van der Waals surface area contributed by atoms with Gasteiger partial charge in [0.2, 0.25) is 11.8 Å². The first-order chi connectivity index (χ1) is 10.7. The van der Waals surface area contributed by atoms with Crippen molar-refractivity contribution in [3.8, 4) is 17.0 Å². The van der Waals surface area contributed by atoms with Crippen LogP contribution in [0.4, 0.5) is 0 Å². The summed E-state index contributed by atoms with van der Waals surface area (Å²) in [5.41, 5.74) is 3.43. The molecule has 0 saturated heterocycles. The van der Waals surface area contributed by atoms with E-state index in [9.17, 15) is 4.79 Å². The van der Waals surface area contributed by atoms with Crippen LogP contribution in [0.1, 0.15) is 25.8 Å². The van der Waals surface area contributed by atoms with E-state index >= 15 is 0 Å². The molecule has 0 unspecified atom stereocenters. The number of hydrogen-bond acceptors (Lipinski definition) is 3. The van der Waals surface area contributed by atoms with Gasteiger partial charge < -0.3 is 10.1 Å². The Balaban J connectivity index is 2.02. The van der Waals surface area contributed by atoms with Crippen LogP contribution < -0.4 is 10.1 Å². The molecule has 0 saturated carbocycles. The number of hydrogen-bond donors (Lipinski definition) is 1. The average Bonchev–Trinajstić information content (AvgIpc) is 2.53. The van der Waals surface area contributed by atoms with Crippen molar-refractivity contribution in [2.24, 2.45) is 0 Å². The molecule has 0 aliphatic rings. The lowest BCUT2D eigenvalue weighted by Gasteiger charge is -2.07. The summed E-state index contributed by atoms with van der Waals surface area (Å²) < 4.78 is 5.57. The van der Waals surface area contributed by atoms with Crippen molar-refractivity contribution >= 4 is 5.91 Å². The first-order valence-electron chi connectivity index (χ1n) is 7.61. The fourth-order valence-corrected chi connectivity index (χ4v) is 2.12. The minimum atomic E-state index is 0.00742. The van der Waals surface area contributed by atoms with Crippen molar-refractivity contribution in [1.82, 2.24) is 10.3 Å². The van der Waals surface area contributed by atoms with E-state index < -0.39 is 0 Å². The highest BCUT2D eigenvalue weighted by Gasteiger charge is 2.02. The van der Waals surface area contributed by atoms with Gasteiger partial charge in [-0.1, -0.05) is 31.2 Å². The Morgan fingerprint density at radius 3 is 2.64 bits per heavy atom. The van der Waals surface area contributed by atoms with Crippen LogP contribution in [0.2, 0.25) is 0 Å². The molecule has 4 nitrogen and oxygen atoms in total. The van der Waals surface area contributed by atoms with Crippen molar-refractivity contribution in [3.63, 3.8) is 0 Å². The van der Waals surface area contributed by atoms with Crippen LogP contribution in [-0.2, 0) is 11.2 Å². The van der Waals surface area contributed by atoms with E-state index in [0.29, 0.717) is 19.0 Å². The molecule has 1 aromatic heterocycles. The highest BCUT2D eigenvalue weighted by atomic mass is 16.5. The lowest BCUT2D eigenvalue weighted by molar-refractivity contribution is -0.118. The Bertz CT molecular complexity index is 609. The van der Waals surface area contributed by atoms with Crippen LogP contribution in [0.5, 0.6) is 5.88 Å². The molecular weight excluding hydrogens is 276 g/mol. The smallest absolute Gasteiger partial charge is 0.216 e. The molecule has 116 valence electrons. The average molecular weight is 298 g/mol. The maximum absolute atomic E-state index is 10.9. The minimum Gasteiger partial charge on any atom is -0.478 e. The fraction of sp³-hybridized carbons (Fsp3) is 0.333. The van der Waals surface area contributed by atoms with Gasteiger partial charge in [-0.25, -0.2) is 4.98 Å². The molecule has 0 aliphatic carbocycles. The molecule has 0 radical (unpaired) electrons. The summed E-state index contributed by atoms with van der Waals surface area (Å²) in [5.74, 6) is 0.669. The predicted octanol–water partition coefficient (Wildman–Crippen LogP) is 3.22. The van der Waals surface area contributed by atoms with Gasteiger partial charge in [0.25, 0.3) is 0 Å². The molecule has 0 fully saturated rings. The van der Waals surface area contributed by atoms with Gasteiger partial charge in [-0.2, -0.15) is 0 Å². The Morgan fingerprint density at radius 1 is 1.18 bits per heavy atom. The molecule has 2 rings (SSSR count). The second-order valence-corrected chi connectivity index (χ2v) is 5.16.